The van der Waals surface area contributed by atoms with Crippen molar-refractivity contribution in [2.75, 3.05) is 13.2 Å². The van der Waals surface area contributed by atoms with Gasteiger partial charge in [-0.05, 0) is 32.9 Å². The molecular weight excluding hydrogens is 408 g/mol. The van der Waals surface area contributed by atoms with Crippen LogP contribution in [0, 0.1) is 6.92 Å². The van der Waals surface area contributed by atoms with Crippen molar-refractivity contribution in [1.29, 1.82) is 0 Å². The van der Waals surface area contributed by atoms with Crippen molar-refractivity contribution in [1.82, 2.24) is 34.8 Å². The minimum Gasteiger partial charge on any atom is -0.474 e. The first-order valence-corrected chi connectivity index (χ1v) is 9.69. The third kappa shape index (κ3) is 5.16. The smallest absolute Gasteiger partial charge is 0.288 e. The Bertz CT molecular complexity index is 1020. The number of carbonyl (C=O) groups excluding carboxylic acids is 1. The summed E-state index contributed by atoms with van der Waals surface area (Å²) in [5, 5.41) is 8.16. The van der Waals surface area contributed by atoms with Crippen molar-refractivity contribution in [2.45, 2.75) is 39.7 Å². The first-order chi connectivity index (χ1) is 14.7. The van der Waals surface area contributed by atoms with E-state index >= 15 is 0 Å². The highest BCUT2D eigenvalue weighted by atomic mass is 19.3. The Balaban J connectivity index is 1.74. The molecule has 0 spiro atoms. The van der Waals surface area contributed by atoms with E-state index < -0.39 is 11.6 Å². The van der Waals surface area contributed by atoms with Gasteiger partial charge in [-0.25, -0.2) is 15.0 Å². The second-order valence-corrected chi connectivity index (χ2v) is 7.02. The van der Waals surface area contributed by atoms with Crippen LogP contribution in [0.15, 0.2) is 36.9 Å². The Morgan fingerprint density at radius 2 is 1.94 bits per heavy atom. The predicted molar refractivity (Wildman–Crippen MR) is 107 cm³/mol. The zero-order chi connectivity index (χ0) is 22.6. The number of aryl methyl sites for hydroxylation is 1. The molecule has 3 heterocycles. The number of nitrogens with zero attached hydrogens (tertiary/aromatic N) is 7. The van der Waals surface area contributed by atoms with Crippen molar-refractivity contribution >= 4 is 5.91 Å². The fraction of sp³-hybridized carbons (Fsp3) is 0.400. The van der Waals surface area contributed by atoms with E-state index in [0.29, 0.717) is 17.9 Å². The zero-order valence-corrected chi connectivity index (χ0v) is 17.7. The SMILES string of the molecule is CCN(C(=O)c1ccc(C)nc1-n1nccn1)[C@@H](C)COc1cnc(C(C)(F)F)cn1. The number of hydrogen-bond donors (Lipinski definition) is 0. The largest absolute Gasteiger partial charge is 0.474 e. The van der Waals surface area contributed by atoms with Gasteiger partial charge in [0.25, 0.3) is 11.8 Å². The molecule has 3 aromatic heterocycles. The Morgan fingerprint density at radius 1 is 1.23 bits per heavy atom. The van der Waals surface area contributed by atoms with Crippen molar-refractivity contribution in [3.05, 3.63) is 53.9 Å². The molecule has 0 bridgehead atoms. The Kier molecular flexibility index (Phi) is 6.52. The number of ether oxygens (including phenoxy) is 1. The van der Waals surface area contributed by atoms with Gasteiger partial charge in [-0.15, -0.1) is 4.80 Å². The minimum atomic E-state index is -3.08. The molecule has 0 radical (unpaired) electrons. The van der Waals surface area contributed by atoms with Crippen LogP contribution in [0.3, 0.4) is 0 Å². The number of hydrogen-bond acceptors (Lipinski definition) is 7. The molecule has 3 rings (SSSR count). The van der Waals surface area contributed by atoms with Crippen LogP contribution in [-0.4, -0.2) is 59.9 Å². The summed E-state index contributed by atoms with van der Waals surface area (Å²) in [7, 11) is 0. The lowest BCUT2D eigenvalue weighted by Crippen LogP contribution is -2.42. The summed E-state index contributed by atoms with van der Waals surface area (Å²) in [5.41, 5.74) is 0.637. The minimum absolute atomic E-state index is 0.0989. The summed E-state index contributed by atoms with van der Waals surface area (Å²) < 4.78 is 32.1. The van der Waals surface area contributed by atoms with E-state index in [1.165, 1.54) is 17.2 Å². The summed E-state index contributed by atoms with van der Waals surface area (Å²) in [4.78, 5) is 28.1. The van der Waals surface area contributed by atoms with Gasteiger partial charge >= 0.3 is 0 Å². The summed E-state index contributed by atoms with van der Waals surface area (Å²) in [6.45, 7) is 6.74. The van der Waals surface area contributed by atoms with E-state index in [4.69, 9.17) is 4.74 Å². The van der Waals surface area contributed by atoms with E-state index in [2.05, 4.69) is 25.1 Å². The molecule has 164 valence electrons. The van der Waals surface area contributed by atoms with E-state index in [9.17, 15) is 13.6 Å². The molecule has 0 fully saturated rings. The molecule has 0 unspecified atom stereocenters. The maximum absolute atomic E-state index is 13.3. The Hall–Kier alpha value is -3.50. The van der Waals surface area contributed by atoms with Crippen LogP contribution in [0.1, 0.15) is 42.5 Å². The topological polar surface area (TPSA) is 98.9 Å². The normalized spacial score (nSPS) is 12.5. The number of likely N-dealkylation sites (N-methyl/N-ethyl adjacent to an activating group) is 1. The Morgan fingerprint density at radius 3 is 2.52 bits per heavy atom. The van der Waals surface area contributed by atoms with Crippen LogP contribution in [0.25, 0.3) is 5.82 Å². The number of pyridine rings is 1. The standard InChI is InChI=1S/C20H23F2N7O2/c1-5-28(14(3)12-31-17-11-23-16(10-24-17)20(4,21)22)19(30)15-7-6-13(2)27-18(15)29-25-8-9-26-29/h6-11,14H,5,12H2,1-4H3/t14-/m0/s1. The molecule has 3 aromatic rings. The van der Waals surface area contributed by atoms with Crippen molar-refractivity contribution in [3.8, 4) is 11.7 Å². The highest BCUT2D eigenvalue weighted by molar-refractivity contribution is 5.97. The lowest BCUT2D eigenvalue weighted by atomic mass is 10.1. The molecule has 0 aliphatic carbocycles. The van der Waals surface area contributed by atoms with E-state index in [1.807, 2.05) is 20.8 Å². The van der Waals surface area contributed by atoms with Crippen LogP contribution < -0.4 is 4.74 Å². The molecule has 1 amide bonds. The molecule has 0 aromatic carbocycles. The molecular formula is C20H23F2N7O2. The lowest BCUT2D eigenvalue weighted by Gasteiger charge is -2.28. The number of halogens is 2. The average Bonchev–Trinajstić information content (AvgIpc) is 3.27. The highest BCUT2D eigenvalue weighted by Crippen LogP contribution is 2.24. The van der Waals surface area contributed by atoms with Crippen molar-refractivity contribution in [2.24, 2.45) is 0 Å². The van der Waals surface area contributed by atoms with Gasteiger partial charge in [0.1, 0.15) is 12.3 Å². The first kappa shape index (κ1) is 22.2. The molecule has 11 heteroatoms. The quantitative estimate of drug-likeness (QED) is 0.541. The van der Waals surface area contributed by atoms with E-state index in [1.54, 1.807) is 17.0 Å². The molecule has 1 atom stereocenters. The summed E-state index contributed by atoms with van der Waals surface area (Å²) >= 11 is 0. The highest BCUT2D eigenvalue weighted by Gasteiger charge is 2.27. The number of rotatable bonds is 8. The fourth-order valence-electron chi connectivity index (χ4n) is 2.91. The predicted octanol–water partition coefficient (Wildman–Crippen LogP) is 2.80. The van der Waals surface area contributed by atoms with Crippen LogP contribution in [0.5, 0.6) is 5.88 Å². The third-order valence-corrected chi connectivity index (χ3v) is 4.54. The summed E-state index contributed by atoms with van der Waals surface area (Å²) in [5.74, 6) is -2.90. The van der Waals surface area contributed by atoms with Crippen LogP contribution in [0.2, 0.25) is 0 Å². The summed E-state index contributed by atoms with van der Waals surface area (Å²) in [6.07, 6.45) is 5.13. The van der Waals surface area contributed by atoms with Gasteiger partial charge < -0.3 is 9.64 Å². The number of amides is 1. The lowest BCUT2D eigenvalue weighted by molar-refractivity contribution is 0.0121. The molecule has 0 aliphatic rings. The molecule has 0 saturated heterocycles. The van der Waals surface area contributed by atoms with Gasteiger partial charge in [-0.3, -0.25) is 4.79 Å². The zero-order valence-electron chi connectivity index (χ0n) is 17.7. The van der Waals surface area contributed by atoms with Gasteiger partial charge in [0.2, 0.25) is 5.88 Å². The molecule has 0 aliphatic heterocycles. The van der Waals surface area contributed by atoms with Crippen molar-refractivity contribution in [3.63, 3.8) is 0 Å². The van der Waals surface area contributed by atoms with Gasteiger partial charge in [0.05, 0.1) is 36.4 Å². The first-order valence-electron chi connectivity index (χ1n) is 9.69. The van der Waals surface area contributed by atoms with Gasteiger partial charge in [-0.1, -0.05) is 0 Å². The molecule has 0 saturated carbocycles. The number of aromatic nitrogens is 6. The monoisotopic (exact) mass is 431 g/mol. The molecule has 31 heavy (non-hydrogen) atoms. The van der Waals surface area contributed by atoms with E-state index in [0.717, 1.165) is 25.0 Å². The third-order valence-electron chi connectivity index (χ3n) is 4.54. The summed E-state index contributed by atoms with van der Waals surface area (Å²) in [6, 6.07) is 3.09. The van der Waals surface area contributed by atoms with Crippen LogP contribution >= 0.6 is 0 Å². The molecule has 0 N–H and O–H groups in total. The fourth-order valence-corrected chi connectivity index (χ4v) is 2.91. The van der Waals surface area contributed by atoms with Gasteiger partial charge in [-0.2, -0.15) is 19.0 Å². The second-order valence-electron chi connectivity index (χ2n) is 7.02. The van der Waals surface area contributed by atoms with Gasteiger partial charge in [0, 0.05) is 19.2 Å². The van der Waals surface area contributed by atoms with Crippen LogP contribution in [0.4, 0.5) is 8.78 Å². The van der Waals surface area contributed by atoms with E-state index in [-0.39, 0.29) is 24.4 Å². The maximum atomic E-state index is 13.3. The Labute approximate surface area is 178 Å². The number of alkyl halides is 2. The maximum Gasteiger partial charge on any atom is 0.288 e. The second kappa shape index (κ2) is 9.11. The van der Waals surface area contributed by atoms with Gasteiger partial charge in [0.15, 0.2) is 5.82 Å². The molecule has 9 nitrogen and oxygen atoms in total. The average molecular weight is 431 g/mol. The number of carbonyl (C=O) groups is 1. The van der Waals surface area contributed by atoms with Crippen LogP contribution in [-0.2, 0) is 5.92 Å². The van der Waals surface area contributed by atoms with Crippen molar-refractivity contribution < 1.29 is 18.3 Å².